The number of nitrogens with zero attached hydrogens (tertiary/aromatic N) is 2. The Labute approximate surface area is 133 Å². The zero-order valence-corrected chi connectivity index (χ0v) is 12.7. The van der Waals surface area contributed by atoms with Gasteiger partial charge < -0.3 is 20.9 Å². The summed E-state index contributed by atoms with van der Waals surface area (Å²) in [5, 5.41) is 13.2. The number of aromatic nitrogens is 2. The van der Waals surface area contributed by atoms with Crippen LogP contribution in [0.15, 0.2) is 36.5 Å². The van der Waals surface area contributed by atoms with Crippen LogP contribution < -0.4 is 15.8 Å². The van der Waals surface area contributed by atoms with Crippen molar-refractivity contribution in [2.24, 2.45) is 5.73 Å². The van der Waals surface area contributed by atoms with Crippen molar-refractivity contribution in [1.82, 2.24) is 9.97 Å². The van der Waals surface area contributed by atoms with E-state index in [9.17, 15) is 9.90 Å². The second kappa shape index (κ2) is 5.94. The van der Waals surface area contributed by atoms with Crippen LogP contribution in [0.5, 0.6) is 5.88 Å². The Morgan fingerprint density at radius 3 is 3.00 bits per heavy atom. The number of methoxy groups -OCH3 is 1. The molecule has 2 atom stereocenters. The van der Waals surface area contributed by atoms with Gasteiger partial charge in [0.1, 0.15) is 5.52 Å². The molecule has 1 aliphatic rings. The standard InChI is InChI=1S/C16H18N4O3/c1-23-13-3-2-11-14(20-13)12(6-9-18-11)19-15(21)16(22)7-4-10(17)5-8-16/h2-4,6-7,9-10,22H,5,8,17H2,1H3,(H,18,19,21)/t10-,16+/m1/s1. The van der Waals surface area contributed by atoms with E-state index in [0.717, 1.165) is 0 Å². The number of hydrogen-bond donors (Lipinski definition) is 3. The van der Waals surface area contributed by atoms with Gasteiger partial charge in [-0.3, -0.25) is 9.78 Å². The number of anilines is 1. The van der Waals surface area contributed by atoms with Crippen molar-refractivity contribution in [3.8, 4) is 5.88 Å². The lowest BCUT2D eigenvalue weighted by atomic mass is 9.88. The van der Waals surface area contributed by atoms with E-state index in [0.29, 0.717) is 29.0 Å². The first kappa shape index (κ1) is 15.4. The zero-order valence-electron chi connectivity index (χ0n) is 12.7. The Hall–Kier alpha value is -2.51. The second-order valence-corrected chi connectivity index (χ2v) is 5.52. The summed E-state index contributed by atoms with van der Waals surface area (Å²) in [6.07, 6.45) is 5.49. The number of nitrogens with one attached hydrogen (secondary N) is 1. The van der Waals surface area contributed by atoms with Crippen LogP contribution in [0.1, 0.15) is 12.8 Å². The van der Waals surface area contributed by atoms with E-state index in [1.807, 2.05) is 0 Å². The van der Waals surface area contributed by atoms with E-state index in [1.165, 1.54) is 13.2 Å². The third-order valence-corrected chi connectivity index (χ3v) is 3.89. The first-order valence-corrected chi connectivity index (χ1v) is 7.30. The molecule has 4 N–H and O–H groups in total. The summed E-state index contributed by atoms with van der Waals surface area (Å²) in [4.78, 5) is 21.0. The fraction of sp³-hybridized carbons (Fsp3) is 0.312. The lowest BCUT2D eigenvalue weighted by Gasteiger charge is -2.28. The molecule has 2 heterocycles. The van der Waals surface area contributed by atoms with Gasteiger partial charge in [0.15, 0.2) is 5.60 Å². The molecule has 0 aromatic carbocycles. The van der Waals surface area contributed by atoms with E-state index in [-0.39, 0.29) is 12.5 Å². The van der Waals surface area contributed by atoms with E-state index < -0.39 is 11.5 Å². The third-order valence-electron chi connectivity index (χ3n) is 3.89. The molecule has 7 nitrogen and oxygen atoms in total. The summed E-state index contributed by atoms with van der Waals surface area (Å²) < 4.78 is 5.10. The Morgan fingerprint density at radius 1 is 1.48 bits per heavy atom. The Morgan fingerprint density at radius 2 is 2.30 bits per heavy atom. The van der Waals surface area contributed by atoms with Crippen LogP contribution in [0.2, 0.25) is 0 Å². The second-order valence-electron chi connectivity index (χ2n) is 5.52. The van der Waals surface area contributed by atoms with Crippen LogP contribution in [0.3, 0.4) is 0 Å². The number of aliphatic hydroxyl groups is 1. The molecule has 0 saturated heterocycles. The lowest BCUT2D eigenvalue weighted by Crippen LogP contribution is -2.44. The molecule has 23 heavy (non-hydrogen) atoms. The largest absolute Gasteiger partial charge is 0.481 e. The van der Waals surface area contributed by atoms with Gasteiger partial charge in [0.25, 0.3) is 5.91 Å². The molecular formula is C16H18N4O3. The van der Waals surface area contributed by atoms with Crippen molar-refractivity contribution in [3.63, 3.8) is 0 Å². The molecule has 2 aromatic heterocycles. The minimum Gasteiger partial charge on any atom is -0.481 e. The maximum Gasteiger partial charge on any atom is 0.260 e. The first-order valence-electron chi connectivity index (χ1n) is 7.30. The molecule has 1 aliphatic carbocycles. The van der Waals surface area contributed by atoms with Gasteiger partial charge in [0, 0.05) is 18.3 Å². The molecule has 3 rings (SSSR count). The molecule has 0 saturated carbocycles. The highest BCUT2D eigenvalue weighted by Gasteiger charge is 2.35. The predicted octanol–water partition coefficient (Wildman–Crippen LogP) is 0.985. The lowest BCUT2D eigenvalue weighted by molar-refractivity contribution is -0.130. The summed E-state index contributed by atoms with van der Waals surface area (Å²) in [5.41, 5.74) is 5.78. The number of hydrogen-bond acceptors (Lipinski definition) is 6. The first-order chi connectivity index (χ1) is 11.0. The average molecular weight is 314 g/mol. The van der Waals surface area contributed by atoms with Crippen molar-refractivity contribution in [1.29, 1.82) is 0 Å². The third kappa shape index (κ3) is 3.01. The monoisotopic (exact) mass is 314 g/mol. The number of pyridine rings is 2. The van der Waals surface area contributed by atoms with E-state index in [1.54, 1.807) is 30.5 Å². The van der Waals surface area contributed by atoms with Gasteiger partial charge in [-0.1, -0.05) is 6.08 Å². The number of amides is 1. The number of nitrogens with two attached hydrogens (primary N) is 1. The van der Waals surface area contributed by atoms with Gasteiger partial charge in [-0.2, -0.15) is 0 Å². The van der Waals surface area contributed by atoms with Crippen LogP contribution in [0.4, 0.5) is 5.69 Å². The number of ether oxygens (including phenoxy) is 1. The van der Waals surface area contributed by atoms with Crippen molar-refractivity contribution in [2.75, 3.05) is 12.4 Å². The van der Waals surface area contributed by atoms with E-state index >= 15 is 0 Å². The SMILES string of the molecule is COc1ccc2nccc(NC(=O)[C@]3(O)C=C[C@@H](N)CC3)c2n1. The van der Waals surface area contributed by atoms with Crippen molar-refractivity contribution in [3.05, 3.63) is 36.5 Å². The molecule has 7 heteroatoms. The van der Waals surface area contributed by atoms with Crippen LogP contribution in [0.25, 0.3) is 11.0 Å². The molecule has 120 valence electrons. The number of rotatable bonds is 3. The normalized spacial score (nSPS) is 23.7. The Balaban J connectivity index is 1.92. The molecule has 0 radical (unpaired) electrons. The summed E-state index contributed by atoms with van der Waals surface area (Å²) in [6.45, 7) is 0. The summed E-state index contributed by atoms with van der Waals surface area (Å²) in [7, 11) is 1.52. The van der Waals surface area contributed by atoms with Gasteiger partial charge in [0.2, 0.25) is 5.88 Å². The molecule has 0 spiro atoms. The highest BCUT2D eigenvalue weighted by atomic mass is 16.5. The van der Waals surface area contributed by atoms with Crippen LogP contribution in [0, 0.1) is 0 Å². The number of carbonyl (C=O) groups excluding carboxylic acids is 1. The molecule has 0 bridgehead atoms. The molecular weight excluding hydrogens is 296 g/mol. The molecule has 1 amide bonds. The van der Waals surface area contributed by atoms with E-state index in [2.05, 4.69) is 15.3 Å². The summed E-state index contributed by atoms with van der Waals surface area (Å²) >= 11 is 0. The highest BCUT2D eigenvalue weighted by Crippen LogP contribution is 2.26. The topological polar surface area (TPSA) is 110 Å². The minimum atomic E-state index is -1.57. The zero-order chi connectivity index (χ0) is 16.4. The van der Waals surface area contributed by atoms with Gasteiger partial charge in [-0.25, -0.2) is 4.98 Å². The molecule has 2 aromatic rings. The van der Waals surface area contributed by atoms with Crippen LogP contribution in [-0.4, -0.2) is 39.7 Å². The smallest absolute Gasteiger partial charge is 0.260 e. The summed E-state index contributed by atoms with van der Waals surface area (Å²) in [5.74, 6) is -0.0963. The Bertz CT molecular complexity index is 777. The summed E-state index contributed by atoms with van der Waals surface area (Å²) in [6, 6.07) is 4.95. The van der Waals surface area contributed by atoms with Crippen LogP contribution >= 0.6 is 0 Å². The van der Waals surface area contributed by atoms with Gasteiger partial charge in [-0.05, 0) is 31.1 Å². The number of carbonyl (C=O) groups is 1. The fourth-order valence-corrected chi connectivity index (χ4v) is 2.49. The van der Waals surface area contributed by atoms with Crippen molar-refractivity contribution >= 4 is 22.6 Å². The quantitative estimate of drug-likeness (QED) is 0.729. The van der Waals surface area contributed by atoms with Gasteiger partial charge >= 0.3 is 0 Å². The van der Waals surface area contributed by atoms with Gasteiger partial charge in [-0.15, -0.1) is 0 Å². The molecule has 0 fully saturated rings. The maximum absolute atomic E-state index is 12.5. The number of fused-ring (bicyclic) bond motifs is 1. The minimum absolute atomic E-state index is 0.129. The van der Waals surface area contributed by atoms with Crippen molar-refractivity contribution in [2.45, 2.75) is 24.5 Å². The average Bonchev–Trinajstić information content (AvgIpc) is 2.57. The molecule has 0 unspecified atom stereocenters. The van der Waals surface area contributed by atoms with E-state index in [4.69, 9.17) is 10.5 Å². The van der Waals surface area contributed by atoms with Crippen molar-refractivity contribution < 1.29 is 14.6 Å². The predicted molar refractivity (Wildman–Crippen MR) is 86.0 cm³/mol. The maximum atomic E-state index is 12.5. The molecule has 0 aliphatic heterocycles. The van der Waals surface area contributed by atoms with Crippen LogP contribution in [-0.2, 0) is 4.79 Å². The Kier molecular flexibility index (Phi) is 3.97. The van der Waals surface area contributed by atoms with Gasteiger partial charge in [0.05, 0.1) is 18.3 Å². The highest BCUT2D eigenvalue weighted by molar-refractivity contribution is 6.03. The fourth-order valence-electron chi connectivity index (χ4n) is 2.49.